The minimum absolute atomic E-state index is 0.279. The van der Waals surface area contributed by atoms with Crippen LogP contribution in [-0.4, -0.2) is 38.0 Å². The van der Waals surface area contributed by atoms with E-state index in [0.29, 0.717) is 11.8 Å². The van der Waals surface area contributed by atoms with Crippen LogP contribution >= 0.6 is 11.8 Å². The van der Waals surface area contributed by atoms with Crippen molar-refractivity contribution in [1.29, 1.82) is 0 Å². The maximum absolute atomic E-state index is 9.21. The van der Waals surface area contributed by atoms with Crippen molar-refractivity contribution in [3.05, 3.63) is 11.6 Å². The third kappa shape index (κ3) is 2.22. The second-order valence-electron chi connectivity index (χ2n) is 5.08. The van der Waals surface area contributed by atoms with E-state index in [4.69, 9.17) is 0 Å². The highest BCUT2D eigenvalue weighted by molar-refractivity contribution is 7.99. The summed E-state index contributed by atoms with van der Waals surface area (Å²) < 4.78 is 2.31. The summed E-state index contributed by atoms with van der Waals surface area (Å²) in [4.78, 5) is 0. The van der Waals surface area contributed by atoms with Crippen LogP contribution in [-0.2, 0) is 13.0 Å². The maximum atomic E-state index is 9.21. The minimum atomic E-state index is 0.279. The van der Waals surface area contributed by atoms with Crippen LogP contribution < -0.4 is 0 Å². The van der Waals surface area contributed by atoms with Gasteiger partial charge < -0.3 is 9.67 Å². The van der Waals surface area contributed by atoms with E-state index in [-0.39, 0.29) is 6.61 Å². The highest BCUT2D eigenvalue weighted by Gasteiger charge is 2.27. The van der Waals surface area contributed by atoms with Gasteiger partial charge in [-0.3, -0.25) is 0 Å². The Bertz CT molecular complexity index is 387. The van der Waals surface area contributed by atoms with E-state index < -0.39 is 0 Å². The molecule has 94 valence electrons. The first-order valence-electron chi connectivity index (χ1n) is 6.49. The smallest absolute Gasteiger partial charge is 0.136 e. The molecule has 5 heteroatoms. The lowest BCUT2D eigenvalue weighted by atomic mass is 9.98. The molecule has 0 saturated carbocycles. The molecule has 0 spiro atoms. The van der Waals surface area contributed by atoms with E-state index in [1.807, 2.05) is 11.8 Å². The first-order valence-corrected chi connectivity index (χ1v) is 7.64. The van der Waals surface area contributed by atoms with Gasteiger partial charge in [0.2, 0.25) is 0 Å². The Hall–Kier alpha value is -0.550. The second-order valence-corrected chi connectivity index (χ2v) is 6.23. The van der Waals surface area contributed by atoms with Crippen LogP contribution in [0.3, 0.4) is 0 Å². The molecule has 2 atom stereocenters. The monoisotopic (exact) mass is 253 g/mol. The van der Waals surface area contributed by atoms with Crippen LogP contribution in [0, 0.1) is 5.92 Å². The highest BCUT2D eigenvalue weighted by atomic mass is 32.2. The van der Waals surface area contributed by atoms with E-state index in [1.54, 1.807) is 0 Å². The van der Waals surface area contributed by atoms with Crippen LogP contribution in [0.15, 0.2) is 0 Å². The molecule has 17 heavy (non-hydrogen) atoms. The Morgan fingerprint density at radius 1 is 1.35 bits per heavy atom. The van der Waals surface area contributed by atoms with Crippen molar-refractivity contribution in [2.45, 2.75) is 38.1 Å². The molecular weight excluding hydrogens is 234 g/mol. The van der Waals surface area contributed by atoms with Gasteiger partial charge in [0, 0.05) is 31.2 Å². The van der Waals surface area contributed by atoms with Crippen molar-refractivity contribution >= 4 is 11.8 Å². The summed E-state index contributed by atoms with van der Waals surface area (Å²) in [6.07, 6.45) is 4.52. The summed E-state index contributed by atoms with van der Waals surface area (Å²) in [6, 6.07) is 0. The van der Waals surface area contributed by atoms with Gasteiger partial charge in [-0.05, 0) is 30.9 Å². The average Bonchev–Trinajstić information content (AvgIpc) is 2.82. The number of aliphatic hydroxyl groups is 1. The van der Waals surface area contributed by atoms with Crippen molar-refractivity contribution < 1.29 is 5.11 Å². The van der Waals surface area contributed by atoms with Gasteiger partial charge in [-0.1, -0.05) is 0 Å². The molecular formula is C12H19N3OS. The molecule has 4 nitrogen and oxygen atoms in total. The number of hydrogen-bond acceptors (Lipinski definition) is 4. The number of fused-ring (bicyclic) bond motifs is 1. The molecule has 3 heterocycles. The molecule has 0 aromatic carbocycles. The third-order valence-electron chi connectivity index (χ3n) is 3.87. The van der Waals surface area contributed by atoms with Gasteiger partial charge in [-0.15, -0.1) is 10.2 Å². The maximum Gasteiger partial charge on any atom is 0.136 e. The van der Waals surface area contributed by atoms with Gasteiger partial charge in [-0.25, -0.2) is 0 Å². The number of rotatable bonds is 2. The summed E-state index contributed by atoms with van der Waals surface area (Å²) in [5.74, 6) is 5.76. The lowest BCUT2D eigenvalue weighted by Gasteiger charge is -2.25. The third-order valence-corrected chi connectivity index (χ3v) is 5.09. The van der Waals surface area contributed by atoms with Gasteiger partial charge in [-0.2, -0.15) is 11.8 Å². The zero-order valence-electron chi connectivity index (χ0n) is 10.0. The Morgan fingerprint density at radius 3 is 3.06 bits per heavy atom. The largest absolute Gasteiger partial charge is 0.396 e. The minimum Gasteiger partial charge on any atom is -0.396 e. The molecule has 2 unspecified atom stereocenters. The van der Waals surface area contributed by atoms with Crippen LogP contribution in [0.1, 0.15) is 36.8 Å². The first-order chi connectivity index (χ1) is 8.38. The van der Waals surface area contributed by atoms with Crippen molar-refractivity contribution in [2.75, 3.05) is 18.1 Å². The zero-order chi connectivity index (χ0) is 11.7. The Balaban J connectivity index is 1.80. The Morgan fingerprint density at radius 2 is 2.29 bits per heavy atom. The lowest BCUT2D eigenvalue weighted by Crippen LogP contribution is -2.24. The lowest BCUT2D eigenvalue weighted by molar-refractivity contribution is 0.198. The van der Waals surface area contributed by atoms with E-state index >= 15 is 0 Å². The molecule has 3 rings (SSSR count). The molecule has 1 aromatic heterocycles. The van der Waals surface area contributed by atoms with Crippen LogP contribution in [0.4, 0.5) is 0 Å². The number of nitrogens with zero attached hydrogens (tertiary/aromatic N) is 3. The number of thioether (sulfide) groups is 1. The highest BCUT2D eigenvalue weighted by Crippen LogP contribution is 2.32. The molecule has 0 aliphatic carbocycles. The fraction of sp³-hybridized carbons (Fsp3) is 0.833. The van der Waals surface area contributed by atoms with E-state index in [1.165, 1.54) is 30.2 Å². The van der Waals surface area contributed by atoms with Crippen LogP contribution in [0.2, 0.25) is 0 Å². The summed E-state index contributed by atoms with van der Waals surface area (Å²) in [7, 11) is 0. The van der Waals surface area contributed by atoms with Crippen LogP contribution in [0.5, 0.6) is 0 Å². The van der Waals surface area contributed by atoms with Gasteiger partial charge in [0.1, 0.15) is 11.6 Å². The SMILES string of the molecule is OCC1CCn2c(nnc2C2CCCSC2)C1. The predicted octanol–water partition coefficient (Wildman–Crippen LogP) is 1.44. The van der Waals surface area contributed by atoms with Crippen molar-refractivity contribution in [3.63, 3.8) is 0 Å². The number of aliphatic hydroxyl groups excluding tert-OH is 1. The van der Waals surface area contributed by atoms with Crippen LogP contribution in [0.25, 0.3) is 0 Å². The van der Waals surface area contributed by atoms with Gasteiger partial charge in [0.25, 0.3) is 0 Å². The first kappa shape index (κ1) is 11.5. The molecule has 1 fully saturated rings. The summed E-state index contributed by atoms with van der Waals surface area (Å²) >= 11 is 2.04. The molecule has 1 N–H and O–H groups in total. The molecule has 0 radical (unpaired) electrons. The molecule has 1 saturated heterocycles. The molecule has 2 aliphatic heterocycles. The Labute approximate surface area is 106 Å². The second kappa shape index (κ2) is 4.98. The topological polar surface area (TPSA) is 50.9 Å². The van der Waals surface area contributed by atoms with E-state index in [9.17, 15) is 5.11 Å². The normalized spacial score (nSPS) is 29.0. The summed E-state index contributed by atoms with van der Waals surface area (Å²) in [5, 5.41) is 17.9. The fourth-order valence-corrected chi connectivity index (χ4v) is 3.96. The van der Waals surface area contributed by atoms with Crippen molar-refractivity contribution in [1.82, 2.24) is 14.8 Å². The predicted molar refractivity (Wildman–Crippen MR) is 68.2 cm³/mol. The van der Waals surface area contributed by atoms with Crippen molar-refractivity contribution in [3.8, 4) is 0 Å². The average molecular weight is 253 g/mol. The molecule has 0 bridgehead atoms. The number of hydrogen-bond donors (Lipinski definition) is 1. The van der Waals surface area contributed by atoms with Gasteiger partial charge >= 0.3 is 0 Å². The Kier molecular flexibility index (Phi) is 3.38. The van der Waals surface area contributed by atoms with Gasteiger partial charge in [0.15, 0.2) is 0 Å². The van der Waals surface area contributed by atoms with Gasteiger partial charge in [0.05, 0.1) is 0 Å². The van der Waals surface area contributed by atoms with E-state index in [0.717, 1.165) is 25.2 Å². The quantitative estimate of drug-likeness (QED) is 0.866. The van der Waals surface area contributed by atoms with Crippen molar-refractivity contribution in [2.24, 2.45) is 5.92 Å². The zero-order valence-corrected chi connectivity index (χ0v) is 10.8. The summed E-state index contributed by atoms with van der Waals surface area (Å²) in [6.45, 7) is 1.27. The fourth-order valence-electron chi connectivity index (χ4n) is 2.82. The molecule has 0 amide bonds. The summed E-state index contributed by atoms with van der Waals surface area (Å²) in [5.41, 5.74) is 0. The standard InChI is InChI=1S/C12H19N3OS/c16-7-9-3-4-15-11(6-9)13-14-12(15)10-2-1-5-17-8-10/h9-10,16H,1-8H2. The molecule has 1 aromatic rings. The van der Waals surface area contributed by atoms with E-state index in [2.05, 4.69) is 14.8 Å². The molecule has 2 aliphatic rings. The number of aromatic nitrogens is 3.